The standard InChI is InChI=1S/C22H26N2O2/c1-15(2)18-8-10-20(11-9-18)23-22(26)19-12-21(25)24(14-19)13-17-6-4-16(3)5-7-17/h4-11,15,19H,12-14H2,1-3H3,(H,23,26)/t19-/m1/s1. The highest BCUT2D eigenvalue weighted by molar-refractivity contribution is 5.97. The summed E-state index contributed by atoms with van der Waals surface area (Å²) < 4.78 is 0. The summed E-state index contributed by atoms with van der Waals surface area (Å²) in [6.07, 6.45) is 0.280. The fourth-order valence-electron chi connectivity index (χ4n) is 3.21. The Hall–Kier alpha value is -2.62. The summed E-state index contributed by atoms with van der Waals surface area (Å²) >= 11 is 0. The highest BCUT2D eigenvalue weighted by Gasteiger charge is 2.34. The van der Waals surface area contributed by atoms with E-state index in [4.69, 9.17) is 0 Å². The van der Waals surface area contributed by atoms with Crippen LogP contribution in [0.5, 0.6) is 0 Å². The molecular weight excluding hydrogens is 324 g/mol. The molecule has 2 amide bonds. The summed E-state index contributed by atoms with van der Waals surface area (Å²) in [5.41, 5.74) is 4.31. The Morgan fingerprint density at radius 1 is 1.12 bits per heavy atom. The maximum Gasteiger partial charge on any atom is 0.229 e. The highest BCUT2D eigenvalue weighted by Crippen LogP contribution is 2.23. The fraction of sp³-hybridized carbons (Fsp3) is 0.364. The number of nitrogens with one attached hydrogen (secondary N) is 1. The molecule has 0 radical (unpaired) electrons. The summed E-state index contributed by atoms with van der Waals surface area (Å²) in [7, 11) is 0. The predicted octanol–water partition coefficient (Wildman–Crippen LogP) is 4.11. The summed E-state index contributed by atoms with van der Waals surface area (Å²) in [4.78, 5) is 26.6. The van der Waals surface area contributed by atoms with E-state index in [-0.39, 0.29) is 24.2 Å². The molecule has 1 heterocycles. The van der Waals surface area contributed by atoms with Gasteiger partial charge in [-0.2, -0.15) is 0 Å². The van der Waals surface area contributed by atoms with Crippen LogP contribution < -0.4 is 5.32 Å². The number of carbonyl (C=O) groups excluding carboxylic acids is 2. The Balaban J connectivity index is 1.58. The van der Waals surface area contributed by atoms with E-state index in [2.05, 4.69) is 19.2 Å². The van der Waals surface area contributed by atoms with Gasteiger partial charge in [0.25, 0.3) is 0 Å². The van der Waals surface area contributed by atoms with Gasteiger partial charge >= 0.3 is 0 Å². The molecule has 1 atom stereocenters. The van der Waals surface area contributed by atoms with Crippen molar-refractivity contribution in [3.05, 3.63) is 65.2 Å². The van der Waals surface area contributed by atoms with Gasteiger partial charge in [0, 0.05) is 25.2 Å². The van der Waals surface area contributed by atoms with Gasteiger partial charge in [0.1, 0.15) is 0 Å². The van der Waals surface area contributed by atoms with Gasteiger partial charge in [-0.05, 0) is 36.1 Å². The van der Waals surface area contributed by atoms with Gasteiger partial charge < -0.3 is 10.2 Å². The van der Waals surface area contributed by atoms with Crippen LogP contribution in [0.15, 0.2) is 48.5 Å². The number of hydrogen-bond acceptors (Lipinski definition) is 2. The second-order valence-corrected chi connectivity index (χ2v) is 7.43. The van der Waals surface area contributed by atoms with Gasteiger partial charge in [0.2, 0.25) is 11.8 Å². The van der Waals surface area contributed by atoms with Gasteiger partial charge in [-0.25, -0.2) is 0 Å². The fourth-order valence-corrected chi connectivity index (χ4v) is 3.21. The van der Waals surface area contributed by atoms with Crippen LogP contribution in [0.25, 0.3) is 0 Å². The van der Waals surface area contributed by atoms with Crippen molar-refractivity contribution in [3.8, 4) is 0 Å². The van der Waals surface area contributed by atoms with E-state index in [1.54, 1.807) is 4.90 Å². The Morgan fingerprint density at radius 3 is 2.38 bits per heavy atom. The Labute approximate surface area is 155 Å². The molecule has 0 unspecified atom stereocenters. The predicted molar refractivity (Wildman–Crippen MR) is 104 cm³/mol. The minimum absolute atomic E-state index is 0.0425. The molecule has 4 heteroatoms. The zero-order valence-corrected chi connectivity index (χ0v) is 15.7. The van der Waals surface area contributed by atoms with E-state index in [0.717, 1.165) is 11.3 Å². The molecular formula is C22H26N2O2. The van der Waals surface area contributed by atoms with E-state index in [1.807, 2.05) is 55.5 Å². The molecule has 1 N–H and O–H groups in total. The first-order valence-corrected chi connectivity index (χ1v) is 9.16. The monoisotopic (exact) mass is 350 g/mol. The lowest BCUT2D eigenvalue weighted by molar-refractivity contribution is -0.128. The number of aryl methyl sites for hydroxylation is 1. The molecule has 2 aromatic carbocycles. The largest absolute Gasteiger partial charge is 0.338 e. The van der Waals surface area contributed by atoms with Crippen LogP contribution in [-0.2, 0) is 16.1 Å². The number of likely N-dealkylation sites (tertiary alicyclic amines) is 1. The molecule has 0 aromatic heterocycles. The number of benzene rings is 2. The van der Waals surface area contributed by atoms with Gasteiger partial charge in [0.05, 0.1) is 5.92 Å². The molecule has 0 spiro atoms. The van der Waals surface area contributed by atoms with Crippen molar-refractivity contribution in [2.75, 3.05) is 11.9 Å². The molecule has 0 saturated carbocycles. The molecule has 1 aliphatic heterocycles. The first-order valence-electron chi connectivity index (χ1n) is 9.16. The minimum atomic E-state index is -0.294. The van der Waals surface area contributed by atoms with Crippen LogP contribution in [0.2, 0.25) is 0 Å². The van der Waals surface area contributed by atoms with Crippen molar-refractivity contribution in [1.82, 2.24) is 4.90 Å². The number of amides is 2. The Morgan fingerprint density at radius 2 is 1.77 bits per heavy atom. The smallest absolute Gasteiger partial charge is 0.229 e. The molecule has 1 fully saturated rings. The Kier molecular flexibility index (Phi) is 5.40. The summed E-state index contributed by atoms with van der Waals surface area (Å²) in [6.45, 7) is 7.36. The van der Waals surface area contributed by atoms with E-state index >= 15 is 0 Å². The van der Waals surface area contributed by atoms with E-state index in [0.29, 0.717) is 19.0 Å². The lowest BCUT2D eigenvalue weighted by Gasteiger charge is -2.17. The van der Waals surface area contributed by atoms with Crippen molar-refractivity contribution < 1.29 is 9.59 Å². The molecule has 0 bridgehead atoms. The number of nitrogens with zero attached hydrogens (tertiary/aromatic N) is 1. The number of rotatable bonds is 5. The summed E-state index contributed by atoms with van der Waals surface area (Å²) in [6, 6.07) is 16.1. The normalized spacial score (nSPS) is 17.0. The van der Waals surface area contributed by atoms with E-state index in [1.165, 1.54) is 11.1 Å². The van der Waals surface area contributed by atoms with Gasteiger partial charge in [0.15, 0.2) is 0 Å². The van der Waals surface area contributed by atoms with Gasteiger partial charge in [-0.3, -0.25) is 9.59 Å². The third kappa shape index (κ3) is 4.31. The minimum Gasteiger partial charge on any atom is -0.338 e. The van der Waals surface area contributed by atoms with Crippen LogP contribution >= 0.6 is 0 Å². The average Bonchev–Trinajstić information content (AvgIpc) is 2.98. The van der Waals surface area contributed by atoms with Crippen LogP contribution in [0.4, 0.5) is 5.69 Å². The van der Waals surface area contributed by atoms with Crippen molar-refractivity contribution in [2.45, 2.75) is 39.7 Å². The summed E-state index contributed by atoms with van der Waals surface area (Å²) in [5.74, 6) is 0.128. The molecule has 26 heavy (non-hydrogen) atoms. The van der Waals surface area contributed by atoms with Gasteiger partial charge in [-0.1, -0.05) is 55.8 Å². The molecule has 2 aromatic rings. The van der Waals surface area contributed by atoms with Crippen LogP contribution in [-0.4, -0.2) is 23.3 Å². The van der Waals surface area contributed by atoms with Crippen molar-refractivity contribution in [2.24, 2.45) is 5.92 Å². The molecule has 1 saturated heterocycles. The first kappa shape index (κ1) is 18.2. The molecule has 1 aliphatic rings. The van der Waals surface area contributed by atoms with Crippen LogP contribution in [0.3, 0.4) is 0 Å². The molecule has 136 valence electrons. The topological polar surface area (TPSA) is 49.4 Å². The van der Waals surface area contributed by atoms with Crippen LogP contribution in [0, 0.1) is 12.8 Å². The number of anilines is 1. The maximum absolute atomic E-state index is 12.5. The van der Waals surface area contributed by atoms with Crippen molar-refractivity contribution >= 4 is 17.5 Å². The Bertz CT molecular complexity index is 779. The summed E-state index contributed by atoms with van der Waals surface area (Å²) in [5, 5.41) is 2.94. The lowest BCUT2D eigenvalue weighted by atomic mass is 10.0. The van der Waals surface area contributed by atoms with Crippen molar-refractivity contribution in [3.63, 3.8) is 0 Å². The molecule has 3 rings (SSSR count). The van der Waals surface area contributed by atoms with E-state index in [9.17, 15) is 9.59 Å². The zero-order chi connectivity index (χ0) is 18.7. The molecule has 0 aliphatic carbocycles. The first-order chi connectivity index (χ1) is 12.4. The quantitative estimate of drug-likeness (QED) is 0.882. The van der Waals surface area contributed by atoms with Gasteiger partial charge in [-0.15, -0.1) is 0 Å². The second-order valence-electron chi connectivity index (χ2n) is 7.43. The third-order valence-electron chi connectivity index (χ3n) is 4.92. The van der Waals surface area contributed by atoms with Crippen LogP contribution in [0.1, 0.15) is 42.9 Å². The second kappa shape index (κ2) is 7.73. The van der Waals surface area contributed by atoms with Crippen molar-refractivity contribution in [1.29, 1.82) is 0 Å². The van der Waals surface area contributed by atoms with E-state index < -0.39 is 0 Å². The average molecular weight is 350 g/mol. The SMILES string of the molecule is Cc1ccc(CN2C[C@H](C(=O)Nc3ccc(C(C)C)cc3)CC2=O)cc1. The maximum atomic E-state index is 12.5. The molecule has 4 nitrogen and oxygen atoms in total. The number of carbonyl (C=O) groups is 2. The highest BCUT2D eigenvalue weighted by atomic mass is 16.2. The number of hydrogen-bond donors (Lipinski definition) is 1. The third-order valence-corrected chi connectivity index (χ3v) is 4.92. The zero-order valence-electron chi connectivity index (χ0n) is 15.7. The lowest BCUT2D eigenvalue weighted by Crippen LogP contribution is -2.28.